The standard InChI is InChI=1S/C15H24FN3O2S2.HI/c1-17-15(19-10-4-12-23(2,20)21)18-9-3-11-22-14-7-5-13(16)6-8-14;/h5-8H,3-4,9-12H2,1-2H3,(H2,17,18,19);1H. The van der Waals surface area contributed by atoms with Crippen molar-refractivity contribution in [2.75, 3.05) is 37.9 Å². The second kappa shape index (κ2) is 12.8. The molecule has 0 aliphatic heterocycles. The largest absolute Gasteiger partial charge is 0.356 e. The lowest BCUT2D eigenvalue weighted by Gasteiger charge is -2.11. The van der Waals surface area contributed by atoms with Gasteiger partial charge in [-0.1, -0.05) is 0 Å². The van der Waals surface area contributed by atoms with Crippen molar-refractivity contribution in [3.8, 4) is 0 Å². The van der Waals surface area contributed by atoms with E-state index in [1.165, 1.54) is 18.4 Å². The highest BCUT2D eigenvalue weighted by molar-refractivity contribution is 14.0. The molecule has 0 heterocycles. The van der Waals surface area contributed by atoms with Crippen molar-refractivity contribution in [3.05, 3.63) is 30.1 Å². The van der Waals surface area contributed by atoms with Gasteiger partial charge < -0.3 is 10.6 Å². The van der Waals surface area contributed by atoms with E-state index >= 15 is 0 Å². The number of sulfone groups is 1. The van der Waals surface area contributed by atoms with Crippen LogP contribution < -0.4 is 10.6 Å². The predicted octanol–water partition coefficient (Wildman–Crippen LogP) is 2.53. The average Bonchev–Trinajstić information content (AvgIpc) is 2.50. The fourth-order valence-electron chi connectivity index (χ4n) is 1.76. The highest BCUT2D eigenvalue weighted by Crippen LogP contribution is 2.18. The molecule has 0 bridgehead atoms. The van der Waals surface area contributed by atoms with Crippen LogP contribution in [0.25, 0.3) is 0 Å². The van der Waals surface area contributed by atoms with Crippen LogP contribution in [0.2, 0.25) is 0 Å². The molecule has 0 atom stereocenters. The van der Waals surface area contributed by atoms with Crippen LogP contribution in [-0.2, 0) is 9.84 Å². The summed E-state index contributed by atoms with van der Waals surface area (Å²) in [6.45, 7) is 1.33. The lowest BCUT2D eigenvalue weighted by Crippen LogP contribution is -2.38. The molecule has 0 aromatic heterocycles. The zero-order valence-electron chi connectivity index (χ0n) is 13.9. The lowest BCUT2D eigenvalue weighted by molar-refractivity contribution is 0.598. The molecule has 1 aromatic carbocycles. The van der Waals surface area contributed by atoms with E-state index in [4.69, 9.17) is 0 Å². The molecule has 5 nitrogen and oxygen atoms in total. The number of thioether (sulfide) groups is 1. The minimum absolute atomic E-state index is 0. The van der Waals surface area contributed by atoms with Gasteiger partial charge in [0.25, 0.3) is 0 Å². The molecule has 1 rings (SSSR count). The quantitative estimate of drug-likeness (QED) is 0.184. The van der Waals surface area contributed by atoms with Crippen LogP contribution in [-0.4, -0.2) is 52.3 Å². The first-order valence-corrected chi connectivity index (χ1v) is 10.5. The SMILES string of the molecule is CN=C(NCCCSc1ccc(F)cc1)NCCCS(C)(=O)=O.I. The summed E-state index contributed by atoms with van der Waals surface area (Å²) in [5.74, 6) is 1.54. The van der Waals surface area contributed by atoms with E-state index in [1.807, 2.05) is 0 Å². The molecular formula is C15H25FIN3O2S2. The summed E-state index contributed by atoms with van der Waals surface area (Å²) >= 11 is 1.68. The molecule has 0 radical (unpaired) electrons. The van der Waals surface area contributed by atoms with Gasteiger partial charge >= 0.3 is 0 Å². The van der Waals surface area contributed by atoms with E-state index in [1.54, 1.807) is 30.9 Å². The summed E-state index contributed by atoms with van der Waals surface area (Å²) in [5, 5.41) is 6.26. The molecule has 9 heteroatoms. The number of hydrogen-bond donors (Lipinski definition) is 2. The lowest BCUT2D eigenvalue weighted by atomic mass is 10.4. The van der Waals surface area contributed by atoms with Gasteiger partial charge in [-0.15, -0.1) is 35.7 Å². The van der Waals surface area contributed by atoms with Gasteiger partial charge in [0, 0.05) is 31.3 Å². The summed E-state index contributed by atoms with van der Waals surface area (Å²) in [6, 6.07) is 6.47. The molecule has 24 heavy (non-hydrogen) atoms. The summed E-state index contributed by atoms with van der Waals surface area (Å²) in [7, 11) is -1.23. The molecule has 1 aromatic rings. The van der Waals surface area contributed by atoms with Crippen LogP contribution in [0.4, 0.5) is 4.39 Å². The van der Waals surface area contributed by atoms with Gasteiger partial charge in [-0.2, -0.15) is 0 Å². The van der Waals surface area contributed by atoms with E-state index < -0.39 is 9.84 Å². The van der Waals surface area contributed by atoms with Gasteiger partial charge in [0.15, 0.2) is 5.96 Å². The van der Waals surface area contributed by atoms with Crippen molar-refractivity contribution in [1.82, 2.24) is 10.6 Å². The van der Waals surface area contributed by atoms with Gasteiger partial charge in [0.05, 0.1) is 5.75 Å². The third kappa shape index (κ3) is 11.9. The van der Waals surface area contributed by atoms with E-state index in [2.05, 4.69) is 15.6 Å². The van der Waals surface area contributed by atoms with Crippen molar-refractivity contribution in [2.45, 2.75) is 17.7 Å². The van der Waals surface area contributed by atoms with E-state index in [9.17, 15) is 12.8 Å². The number of hydrogen-bond acceptors (Lipinski definition) is 4. The minimum Gasteiger partial charge on any atom is -0.356 e. The summed E-state index contributed by atoms with van der Waals surface area (Å²) < 4.78 is 34.8. The molecule has 0 saturated heterocycles. The Bertz CT molecular complexity index is 595. The molecule has 2 N–H and O–H groups in total. The summed E-state index contributed by atoms with van der Waals surface area (Å²) in [5.41, 5.74) is 0. The number of halogens is 2. The highest BCUT2D eigenvalue weighted by Gasteiger charge is 2.02. The van der Waals surface area contributed by atoms with Gasteiger partial charge in [-0.05, 0) is 42.9 Å². The van der Waals surface area contributed by atoms with Gasteiger partial charge in [-0.25, -0.2) is 12.8 Å². The number of rotatable bonds is 9. The number of nitrogens with one attached hydrogen (secondary N) is 2. The first kappa shape index (κ1) is 23.4. The third-order valence-electron chi connectivity index (χ3n) is 2.90. The Kier molecular flexibility index (Phi) is 12.5. The molecule has 0 unspecified atom stereocenters. The Balaban J connectivity index is 0.00000529. The van der Waals surface area contributed by atoms with Gasteiger partial charge in [0.2, 0.25) is 0 Å². The molecule has 138 valence electrons. The van der Waals surface area contributed by atoms with E-state index in [0.29, 0.717) is 18.9 Å². The normalized spacial score (nSPS) is 11.7. The topological polar surface area (TPSA) is 70.6 Å². The maximum atomic E-state index is 12.8. The minimum atomic E-state index is -2.91. The third-order valence-corrected chi connectivity index (χ3v) is 5.03. The second-order valence-corrected chi connectivity index (χ2v) is 8.49. The van der Waals surface area contributed by atoms with Crippen molar-refractivity contribution >= 4 is 51.5 Å². The predicted molar refractivity (Wildman–Crippen MR) is 111 cm³/mol. The maximum Gasteiger partial charge on any atom is 0.190 e. The van der Waals surface area contributed by atoms with Gasteiger partial charge in [-0.3, -0.25) is 4.99 Å². The van der Waals surface area contributed by atoms with E-state index in [-0.39, 0.29) is 35.5 Å². The molecular weight excluding hydrogens is 464 g/mol. The summed E-state index contributed by atoms with van der Waals surface area (Å²) in [6.07, 6.45) is 2.73. The van der Waals surface area contributed by atoms with Crippen molar-refractivity contribution in [3.63, 3.8) is 0 Å². The van der Waals surface area contributed by atoms with Crippen LogP contribution in [0, 0.1) is 5.82 Å². The first-order chi connectivity index (χ1) is 10.9. The Labute approximate surface area is 165 Å². The van der Waals surface area contributed by atoms with Crippen molar-refractivity contribution in [2.24, 2.45) is 4.99 Å². The number of benzene rings is 1. The van der Waals surface area contributed by atoms with Crippen LogP contribution in [0.15, 0.2) is 34.2 Å². The van der Waals surface area contributed by atoms with Crippen LogP contribution in [0.1, 0.15) is 12.8 Å². The van der Waals surface area contributed by atoms with E-state index in [0.717, 1.165) is 23.6 Å². The maximum absolute atomic E-state index is 12.8. The fraction of sp³-hybridized carbons (Fsp3) is 0.533. The molecule has 0 fully saturated rings. The zero-order chi connectivity index (χ0) is 17.1. The molecule has 0 spiro atoms. The Morgan fingerprint density at radius 2 is 1.75 bits per heavy atom. The van der Waals surface area contributed by atoms with Crippen molar-refractivity contribution < 1.29 is 12.8 Å². The Hall–Kier alpha value is -0.550. The number of guanidine groups is 1. The second-order valence-electron chi connectivity index (χ2n) is 5.07. The number of nitrogens with zero attached hydrogens (tertiary/aromatic N) is 1. The average molecular weight is 489 g/mol. The Morgan fingerprint density at radius 3 is 2.29 bits per heavy atom. The molecule has 0 aliphatic rings. The van der Waals surface area contributed by atoms with Crippen LogP contribution >= 0.6 is 35.7 Å². The molecule has 0 amide bonds. The van der Waals surface area contributed by atoms with Crippen molar-refractivity contribution in [1.29, 1.82) is 0 Å². The zero-order valence-corrected chi connectivity index (χ0v) is 17.9. The highest BCUT2D eigenvalue weighted by atomic mass is 127. The summed E-state index contributed by atoms with van der Waals surface area (Å²) in [4.78, 5) is 5.13. The smallest absolute Gasteiger partial charge is 0.190 e. The monoisotopic (exact) mass is 489 g/mol. The fourth-order valence-corrected chi connectivity index (χ4v) is 3.28. The number of aliphatic imine (C=N–C) groups is 1. The van der Waals surface area contributed by atoms with Gasteiger partial charge in [0.1, 0.15) is 15.7 Å². The van der Waals surface area contributed by atoms with Crippen LogP contribution in [0.3, 0.4) is 0 Å². The molecule has 0 saturated carbocycles. The first-order valence-electron chi connectivity index (χ1n) is 7.41. The molecule has 0 aliphatic carbocycles. The van der Waals surface area contributed by atoms with Crippen LogP contribution in [0.5, 0.6) is 0 Å². The Morgan fingerprint density at radius 1 is 1.17 bits per heavy atom.